The van der Waals surface area contributed by atoms with E-state index in [1.165, 1.54) is 51.4 Å². The Kier molecular flexibility index (Phi) is 4.26. The van der Waals surface area contributed by atoms with E-state index in [2.05, 4.69) is 26.0 Å². The topological polar surface area (TPSA) is 0 Å². The van der Waals surface area contributed by atoms with E-state index < -0.39 is 0 Å². The predicted octanol–water partition coefficient (Wildman–Crippen LogP) is 5.26. The van der Waals surface area contributed by atoms with Gasteiger partial charge in [0.25, 0.3) is 0 Å². The van der Waals surface area contributed by atoms with Gasteiger partial charge in [0.05, 0.1) is 0 Å². The standard InChI is InChI=1S/C16H26/c1-13-5-3-7-15(8-4-6-13)16-11-9-14(2)10-12-16/h9,11,13,15H,3-8,10,12H2,1-2H3. The van der Waals surface area contributed by atoms with Gasteiger partial charge in [-0.3, -0.25) is 0 Å². The van der Waals surface area contributed by atoms with Crippen LogP contribution < -0.4 is 0 Å². The molecule has 1 fully saturated rings. The molecular formula is C16H26. The van der Waals surface area contributed by atoms with Crippen molar-refractivity contribution < 1.29 is 0 Å². The van der Waals surface area contributed by atoms with Crippen molar-refractivity contribution in [2.75, 3.05) is 0 Å². The summed E-state index contributed by atoms with van der Waals surface area (Å²) in [6.45, 7) is 4.68. The molecule has 0 unspecified atom stereocenters. The van der Waals surface area contributed by atoms with Crippen LogP contribution in [0.25, 0.3) is 0 Å². The number of hydrogen-bond acceptors (Lipinski definition) is 0. The fraction of sp³-hybridized carbons (Fsp3) is 0.750. The van der Waals surface area contributed by atoms with E-state index in [0.717, 1.165) is 11.8 Å². The summed E-state index contributed by atoms with van der Waals surface area (Å²) in [7, 11) is 0. The fourth-order valence-corrected chi connectivity index (χ4v) is 3.18. The van der Waals surface area contributed by atoms with Gasteiger partial charge < -0.3 is 0 Å². The van der Waals surface area contributed by atoms with Crippen LogP contribution in [0.2, 0.25) is 0 Å². The van der Waals surface area contributed by atoms with Crippen molar-refractivity contribution in [1.82, 2.24) is 0 Å². The fourth-order valence-electron chi connectivity index (χ4n) is 3.18. The molecule has 1 saturated carbocycles. The summed E-state index contributed by atoms with van der Waals surface area (Å²) >= 11 is 0. The lowest BCUT2D eigenvalue weighted by molar-refractivity contribution is 0.352. The van der Waals surface area contributed by atoms with Crippen LogP contribution in [0.1, 0.15) is 65.2 Å². The van der Waals surface area contributed by atoms with Crippen molar-refractivity contribution in [3.63, 3.8) is 0 Å². The first kappa shape index (κ1) is 12.0. The third-order valence-corrected chi connectivity index (χ3v) is 4.41. The minimum absolute atomic E-state index is 0.914. The van der Waals surface area contributed by atoms with Gasteiger partial charge in [-0.1, -0.05) is 55.9 Å². The Morgan fingerprint density at radius 3 is 2.19 bits per heavy atom. The second kappa shape index (κ2) is 5.70. The van der Waals surface area contributed by atoms with Gasteiger partial charge in [0.15, 0.2) is 0 Å². The van der Waals surface area contributed by atoms with Gasteiger partial charge in [-0.25, -0.2) is 0 Å². The highest BCUT2D eigenvalue weighted by Crippen LogP contribution is 2.34. The molecule has 16 heavy (non-hydrogen) atoms. The van der Waals surface area contributed by atoms with Gasteiger partial charge >= 0.3 is 0 Å². The highest BCUT2D eigenvalue weighted by Gasteiger charge is 2.18. The van der Waals surface area contributed by atoms with Crippen LogP contribution in [0, 0.1) is 11.8 Å². The van der Waals surface area contributed by atoms with Gasteiger partial charge in [0, 0.05) is 0 Å². The number of hydrogen-bond donors (Lipinski definition) is 0. The highest BCUT2D eigenvalue weighted by molar-refractivity contribution is 5.24. The molecular weight excluding hydrogens is 192 g/mol. The third-order valence-electron chi connectivity index (χ3n) is 4.41. The summed E-state index contributed by atoms with van der Waals surface area (Å²) in [5.41, 5.74) is 3.31. The summed E-state index contributed by atoms with van der Waals surface area (Å²) in [5, 5.41) is 0. The van der Waals surface area contributed by atoms with Crippen molar-refractivity contribution >= 4 is 0 Å². The van der Waals surface area contributed by atoms with Crippen molar-refractivity contribution in [1.29, 1.82) is 0 Å². The Hall–Kier alpha value is -0.520. The molecule has 0 spiro atoms. The molecule has 90 valence electrons. The highest BCUT2D eigenvalue weighted by atomic mass is 14.2. The van der Waals surface area contributed by atoms with Crippen LogP contribution in [0.5, 0.6) is 0 Å². The van der Waals surface area contributed by atoms with Gasteiger partial charge in [0.1, 0.15) is 0 Å². The molecule has 0 atom stereocenters. The smallest absolute Gasteiger partial charge is 0.0200 e. The summed E-state index contributed by atoms with van der Waals surface area (Å²) in [4.78, 5) is 0. The van der Waals surface area contributed by atoms with Crippen molar-refractivity contribution in [2.24, 2.45) is 11.8 Å². The molecule has 0 aliphatic heterocycles. The lowest BCUT2D eigenvalue weighted by Gasteiger charge is -2.26. The minimum Gasteiger partial charge on any atom is -0.0730 e. The van der Waals surface area contributed by atoms with E-state index in [9.17, 15) is 0 Å². The van der Waals surface area contributed by atoms with E-state index >= 15 is 0 Å². The predicted molar refractivity (Wildman–Crippen MR) is 71.4 cm³/mol. The first-order valence-electron chi connectivity index (χ1n) is 7.12. The van der Waals surface area contributed by atoms with Gasteiger partial charge in [-0.15, -0.1) is 0 Å². The molecule has 0 N–H and O–H groups in total. The minimum atomic E-state index is 0.914. The van der Waals surface area contributed by atoms with Crippen molar-refractivity contribution in [3.05, 3.63) is 23.3 Å². The zero-order valence-electron chi connectivity index (χ0n) is 11.0. The molecule has 2 rings (SSSR count). The second-order valence-corrected chi connectivity index (χ2v) is 5.92. The maximum atomic E-state index is 2.43. The Bertz CT molecular complexity index is 272. The van der Waals surface area contributed by atoms with E-state index in [0.29, 0.717) is 0 Å². The normalized spacial score (nSPS) is 32.4. The van der Waals surface area contributed by atoms with Crippen LogP contribution in [-0.4, -0.2) is 0 Å². The molecule has 2 aliphatic rings. The molecule has 0 amide bonds. The van der Waals surface area contributed by atoms with E-state index in [1.807, 2.05) is 0 Å². The Labute approximate surface area is 101 Å². The number of allylic oxidation sites excluding steroid dienone is 4. The van der Waals surface area contributed by atoms with E-state index in [1.54, 1.807) is 11.1 Å². The lowest BCUT2D eigenvalue weighted by Crippen LogP contribution is -2.11. The summed E-state index contributed by atoms with van der Waals surface area (Å²) in [6, 6.07) is 0. The molecule has 0 bridgehead atoms. The number of rotatable bonds is 1. The van der Waals surface area contributed by atoms with Crippen LogP contribution in [-0.2, 0) is 0 Å². The van der Waals surface area contributed by atoms with Gasteiger partial charge in [-0.2, -0.15) is 0 Å². The molecule has 0 aromatic rings. The molecule has 0 aromatic heterocycles. The van der Waals surface area contributed by atoms with Crippen molar-refractivity contribution in [3.8, 4) is 0 Å². The molecule has 2 aliphatic carbocycles. The summed E-state index contributed by atoms with van der Waals surface area (Å²) in [5.74, 6) is 1.89. The Morgan fingerprint density at radius 1 is 0.938 bits per heavy atom. The third kappa shape index (κ3) is 3.23. The van der Waals surface area contributed by atoms with Crippen molar-refractivity contribution in [2.45, 2.75) is 65.2 Å². The molecule has 0 heterocycles. The first-order chi connectivity index (χ1) is 7.75. The quantitative estimate of drug-likeness (QED) is 0.563. The van der Waals surface area contributed by atoms with Crippen LogP contribution in [0.4, 0.5) is 0 Å². The van der Waals surface area contributed by atoms with E-state index in [-0.39, 0.29) is 0 Å². The zero-order valence-corrected chi connectivity index (χ0v) is 11.0. The molecule has 0 heteroatoms. The molecule has 0 nitrogen and oxygen atoms in total. The SMILES string of the molecule is CC1=CC=C(C2CCCC(C)CCC2)CC1. The largest absolute Gasteiger partial charge is 0.0730 e. The first-order valence-corrected chi connectivity index (χ1v) is 7.12. The zero-order chi connectivity index (χ0) is 11.4. The lowest BCUT2D eigenvalue weighted by atomic mass is 9.80. The average Bonchev–Trinajstić information content (AvgIpc) is 2.25. The summed E-state index contributed by atoms with van der Waals surface area (Å²) in [6.07, 6.45) is 16.1. The maximum Gasteiger partial charge on any atom is -0.0200 e. The van der Waals surface area contributed by atoms with Gasteiger partial charge in [-0.05, 0) is 44.4 Å². The van der Waals surface area contributed by atoms with Crippen LogP contribution in [0.3, 0.4) is 0 Å². The van der Waals surface area contributed by atoms with Gasteiger partial charge in [0.2, 0.25) is 0 Å². The average molecular weight is 218 g/mol. The summed E-state index contributed by atoms with van der Waals surface area (Å²) < 4.78 is 0. The van der Waals surface area contributed by atoms with E-state index in [4.69, 9.17) is 0 Å². The molecule has 0 saturated heterocycles. The second-order valence-electron chi connectivity index (χ2n) is 5.92. The monoisotopic (exact) mass is 218 g/mol. The molecule has 0 radical (unpaired) electrons. The van der Waals surface area contributed by atoms with Crippen LogP contribution >= 0.6 is 0 Å². The van der Waals surface area contributed by atoms with Crippen LogP contribution in [0.15, 0.2) is 23.3 Å². The maximum absolute atomic E-state index is 2.43. The Morgan fingerprint density at radius 2 is 1.62 bits per heavy atom. The Balaban J connectivity index is 1.93. The molecule has 0 aromatic carbocycles.